The van der Waals surface area contributed by atoms with E-state index in [1.165, 1.54) is 0 Å². The first-order chi connectivity index (χ1) is 5.18. The molecule has 6 heteroatoms. The van der Waals surface area contributed by atoms with Crippen LogP contribution in [0.2, 0.25) is 0 Å². The zero-order chi connectivity index (χ0) is 8.69. The molecule has 72 valence electrons. The van der Waals surface area contributed by atoms with Gasteiger partial charge >= 0.3 is 33.4 Å². The second-order valence-corrected chi connectivity index (χ2v) is 3.23. The van der Waals surface area contributed by atoms with Gasteiger partial charge in [-0.05, 0) is 32.1 Å². The molecule has 3 nitrogen and oxygen atoms in total. The van der Waals surface area contributed by atoms with Crippen LogP contribution in [0.25, 0.3) is 0 Å². The molecule has 0 heterocycles. The molecular formula is C6H15NO2PbS2. The third-order valence-electron chi connectivity index (χ3n) is 1.14. The molecule has 0 N–H and O–H groups in total. The first-order valence-electron chi connectivity index (χ1n) is 3.53. The van der Waals surface area contributed by atoms with Gasteiger partial charge in [0.15, 0.2) is 0 Å². The molecule has 0 aliphatic heterocycles. The van der Waals surface area contributed by atoms with E-state index in [1.807, 2.05) is 0 Å². The zero-order valence-electron chi connectivity index (χ0n) is 7.19. The molecule has 0 aliphatic rings. The van der Waals surface area contributed by atoms with E-state index in [-0.39, 0.29) is 27.3 Å². The van der Waals surface area contributed by atoms with Crippen molar-refractivity contribution in [2.45, 2.75) is 26.2 Å². The van der Waals surface area contributed by atoms with E-state index in [9.17, 15) is 4.79 Å². The third kappa shape index (κ3) is 8.98. The van der Waals surface area contributed by atoms with Crippen molar-refractivity contribution in [3.63, 3.8) is 0 Å². The Morgan fingerprint density at radius 1 is 1.42 bits per heavy atom. The van der Waals surface area contributed by atoms with Crippen molar-refractivity contribution >= 4 is 59.0 Å². The van der Waals surface area contributed by atoms with Crippen LogP contribution in [0.3, 0.4) is 0 Å². The van der Waals surface area contributed by atoms with Gasteiger partial charge in [0.05, 0.1) is 6.61 Å². The summed E-state index contributed by atoms with van der Waals surface area (Å²) in [6.07, 6.45) is 2.57. The molecule has 0 aromatic heterocycles. The molecule has 0 saturated carbocycles. The van der Waals surface area contributed by atoms with Crippen LogP contribution in [0.5, 0.6) is 0 Å². The van der Waals surface area contributed by atoms with Crippen molar-refractivity contribution in [2.75, 3.05) is 6.61 Å². The Bertz CT molecular complexity index is 124. The number of carbonyl (C=O) groups excluding carboxylic acids is 1. The van der Waals surface area contributed by atoms with Gasteiger partial charge in [-0.1, -0.05) is 19.8 Å². The summed E-state index contributed by atoms with van der Waals surface area (Å²) >= 11 is 7.28. The average molecular weight is 405 g/mol. The van der Waals surface area contributed by atoms with E-state index in [4.69, 9.17) is 4.74 Å². The first kappa shape index (κ1) is 15.4. The monoisotopic (exact) mass is 405 g/mol. The first-order valence-corrected chi connectivity index (χ1v) is 4.33. The van der Waals surface area contributed by atoms with Crippen molar-refractivity contribution in [1.82, 2.24) is 3.71 Å². The van der Waals surface area contributed by atoms with E-state index in [1.54, 1.807) is 0 Å². The fraction of sp³-hybridized carbons (Fsp3) is 0.833. The van der Waals surface area contributed by atoms with Crippen molar-refractivity contribution < 1.29 is 9.53 Å². The predicted octanol–water partition coefficient (Wildman–Crippen LogP) is 1.39. The van der Waals surface area contributed by atoms with Gasteiger partial charge < -0.3 is 4.74 Å². The van der Waals surface area contributed by atoms with Crippen LogP contribution in [0.1, 0.15) is 26.2 Å². The van der Waals surface area contributed by atoms with Gasteiger partial charge in [-0.15, -0.1) is 0 Å². The molecule has 0 rings (SSSR count). The van der Waals surface area contributed by atoms with Crippen LogP contribution < -0.4 is 0 Å². The maximum absolute atomic E-state index is 10.7. The quantitative estimate of drug-likeness (QED) is 0.421. The predicted molar refractivity (Wildman–Crippen MR) is 59.2 cm³/mol. The molecule has 0 aromatic carbocycles. The molecule has 1 amide bonds. The van der Waals surface area contributed by atoms with Crippen molar-refractivity contribution in [1.29, 1.82) is 0 Å². The summed E-state index contributed by atoms with van der Waals surface area (Å²) in [7, 11) is 0. The molecule has 0 spiro atoms. The number of carbonyl (C=O) groups is 1. The standard InChI is InChI=1S/C6H13NO2S2.Pb.2H/c1-2-3-4-5-9-6(8)7(10)11;;;/h10-11H,2-5H2,1H3;;;. The Kier molecular flexibility index (Phi) is 12.8. The van der Waals surface area contributed by atoms with Gasteiger partial charge in [-0.2, -0.15) is 3.71 Å². The molecule has 2 radical (unpaired) electrons. The second-order valence-electron chi connectivity index (χ2n) is 2.11. The number of amides is 1. The number of hydrogen-bond donors (Lipinski definition) is 2. The van der Waals surface area contributed by atoms with Crippen LogP contribution in [0.4, 0.5) is 4.79 Å². The number of hydrogen-bond acceptors (Lipinski definition) is 4. The molecule has 0 unspecified atom stereocenters. The summed E-state index contributed by atoms with van der Waals surface area (Å²) in [6.45, 7) is 2.54. The van der Waals surface area contributed by atoms with Gasteiger partial charge in [0, 0.05) is 0 Å². The van der Waals surface area contributed by atoms with Crippen LogP contribution in [-0.2, 0) is 4.74 Å². The molecule has 0 atom stereocenters. The van der Waals surface area contributed by atoms with Gasteiger partial charge in [0.2, 0.25) is 0 Å². The Morgan fingerprint density at radius 2 is 2.00 bits per heavy atom. The van der Waals surface area contributed by atoms with Crippen LogP contribution in [0, 0.1) is 0 Å². The van der Waals surface area contributed by atoms with Crippen LogP contribution in [0.15, 0.2) is 0 Å². The maximum atomic E-state index is 10.7. The van der Waals surface area contributed by atoms with Crippen LogP contribution in [-0.4, -0.2) is 43.7 Å². The molecule has 12 heavy (non-hydrogen) atoms. The van der Waals surface area contributed by atoms with Gasteiger partial charge in [0.1, 0.15) is 0 Å². The normalized spacial score (nSPS) is 8.58. The molecule has 0 fully saturated rings. The van der Waals surface area contributed by atoms with E-state index >= 15 is 0 Å². The SMILES string of the molecule is CCCCCOC(=O)N(S)S.[PbH2]. The summed E-state index contributed by atoms with van der Waals surface area (Å²) in [5.41, 5.74) is 0. The van der Waals surface area contributed by atoms with E-state index in [0.717, 1.165) is 23.0 Å². The minimum absolute atomic E-state index is 0. The Hall–Kier alpha value is 0.892. The fourth-order valence-corrected chi connectivity index (χ4v) is 0.685. The van der Waals surface area contributed by atoms with Crippen LogP contribution >= 0.6 is 25.6 Å². The topological polar surface area (TPSA) is 29.5 Å². The second kappa shape index (κ2) is 9.98. The summed E-state index contributed by atoms with van der Waals surface area (Å²) in [4.78, 5) is 10.7. The number of unbranched alkanes of at least 4 members (excludes halogenated alkanes) is 2. The van der Waals surface area contributed by atoms with E-state index < -0.39 is 6.09 Å². The molecular weight excluding hydrogens is 389 g/mol. The fourth-order valence-electron chi connectivity index (χ4n) is 0.569. The summed E-state index contributed by atoms with van der Waals surface area (Å²) in [6, 6.07) is 0. The Labute approximate surface area is 104 Å². The van der Waals surface area contributed by atoms with Crippen molar-refractivity contribution in [2.24, 2.45) is 0 Å². The third-order valence-corrected chi connectivity index (χ3v) is 1.46. The van der Waals surface area contributed by atoms with Gasteiger partial charge in [0.25, 0.3) is 0 Å². The molecule has 0 aromatic rings. The summed E-state index contributed by atoms with van der Waals surface area (Å²) in [5.74, 6) is 0. The van der Waals surface area contributed by atoms with E-state index in [2.05, 4.69) is 32.6 Å². The molecule has 0 aliphatic carbocycles. The van der Waals surface area contributed by atoms with Crippen molar-refractivity contribution in [3.8, 4) is 0 Å². The Morgan fingerprint density at radius 3 is 2.42 bits per heavy atom. The number of thiol groups is 2. The number of rotatable bonds is 4. The van der Waals surface area contributed by atoms with Crippen molar-refractivity contribution in [3.05, 3.63) is 0 Å². The number of nitrogens with zero attached hydrogens (tertiary/aromatic N) is 1. The summed E-state index contributed by atoms with van der Waals surface area (Å²) < 4.78 is 5.57. The summed E-state index contributed by atoms with van der Waals surface area (Å²) in [5, 5.41) is 0. The average Bonchev–Trinajstić information content (AvgIpc) is 1.97. The minimum atomic E-state index is -0.521. The molecule has 0 saturated heterocycles. The zero-order valence-corrected chi connectivity index (χ0v) is 14.5. The number of ether oxygens (including phenoxy) is 1. The van der Waals surface area contributed by atoms with Gasteiger partial charge in [-0.25, -0.2) is 4.79 Å². The molecule has 0 bridgehead atoms. The van der Waals surface area contributed by atoms with Gasteiger partial charge in [-0.3, -0.25) is 0 Å². The Balaban J connectivity index is 0. The van der Waals surface area contributed by atoms with E-state index in [0.29, 0.717) is 6.61 Å².